The molecule has 2 saturated heterocycles. The lowest BCUT2D eigenvalue weighted by Gasteiger charge is -2.41. The second kappa shape index (κ2) is 13.3. The number of hydrogen-bond acceptors (Lipinski definition) is 8. The molecule has 49 heavy (non-hydrogen) atoms. The van der Waals surface area contributed by atoms with Crippen molar-refractivity contribution in [2.45, 2.75) is 64.6 Å². The van der Waals surface area contributed by atoms with Gasteiger partial charge in [-0.25, -0.2) is 13.8 Å². The second-order valence-electron chi connectivity index (χ2n) is 13.1. The maximum absolute atomic E-state index is 16.5. The molecule has 2 aromatic heterocycles. The number of ether oxygens (including phenoxy) is 3. The van der Waals surface area contributed by atoms with Crippen molar-refractivity contribution in [1.29, 1.82) is 0 Å². The Bertz CT molecular complexity index is 1830. The van der Waals surface area contributed by atoms with E-state index in [1.54, 1.807) is 38.1 Å². The average Bonchev–Trinajstić information content (AvgIpc) is 3.39. The molecule has 2 fully saturated rings. The summed E-state index contributed by atoms with van der Waals surface area (Å²) in [5.74, 6) is -2.61. The summed E-state index contributed by atoms with van der Waals surface area (Å²) in [6.45, 7) is 14.0. The highest BCUT2D eigenvalue weighted by Gasteiger charge is 2.45. The van der Waals surface area contributed by atoms with Crippen LogP contribution in [0, 0.1) is 11.6 Å². The number of benzene rings is 1. The van der Waals surface area contributed by atoms with Gasteiger partial charge in [0.15, 0.2) is 17.4 Å². The molecule has 0 saturated carbocycles. The standard InChI is InChI=1S/C36H40F2N6O5/c1-8-28(46)42-14-15-43(21(4)17-42)34(39-7)23-16-25(38)31-29-24(37)10-9-11-26(29)47-18-27-33(49-36(5,6)48-27)22-12-13-40-30(20(2)3)32(22)44(19-45)35(23)41-31/h8-13,16,19-21,27,33H,1,14-15,17-18H2,2-7H3/b39-34+. The SMILES string of the molecule is C=CC(=O)N1CCN(/C(=N/C)c2cc(F)c3nc2N(C=O)c2c(ccnc2C(C)C)C2OC(C)(C)OC2COc2cccc(F)c2-3)C(C)C1. The van der Waals surface area contributed by atoms with Gasteiger partial charge < -0.3 is 24.0 Å². The number of carbonyl (C=O) groups excluding carboxylic acids is 2. The maximum atomic E-state index is 16.5. The van der Waals surface area contributed by atoms with Crippen LogP contribution in [-0.4, -0.2) is 89.1 Å². The van der Waals surface area contributed by atoms with Gasteiger partial charge >= 0.3 is 0 Å². The van der Waals surface area contributed by atoms with Crippen LogP contribution < -0.4 is 9.64 Å². The number of aromatic nitrogens is 2. The van der Waals surface area contributed by atoms with Gasteiger partial charge in [-0.05, 0) is 57.0 Å². The Balaban J connectivity index is 1.64. The van der Waals surface area contributed by atoms with Crippen LogP contribution in [-0.2, 0) is 19.1 Å². The van der Waals surface area contributed by atoms with E-state index in [-0.39, 0.29) is 52.9 Å². The minimum Gasteiger partial charge on any atom is -0.490 e. The predicted molar refractivity (Wildman–Crippen MR) is 180 cm³/mol. The van der Waals surface area contributed by atoms with Crippen molar-refractivity contribution < 1.29 is 32.6 Å². The Morgan fingerprint density at radius 2 is 1.94 bits per heavy atom. The topological polar surface area (TPSA) is 110 Å². The molecular formula is C36H40F2N6O5. The second-order valence-corrected chi connectivity index (χ2v) is 13.1. The highest BCUT2D eigenvalue weighted by Crippen LogP contribution is 2.47. The molecular weight excluding hydrogens is 634 g/mol. The van der Waals surface area contributed by atoms with E-state index < -0.39 is 29.6 Å². The lowest BCUT2D eigenvalue weighted by Crippen LogP contribution is -2.55. The summed E-state index contributed by atoms with van der Waals surface area (Å²) in [4.78, 5) is 44.8. The highest BCUT2D eigenvalue weighted by molar-refractivity contribution is 6.07. The van der Waals surface area contributed by atoms with Crippen LogP contribution in [0.1, 0.15) is 63.5 Å². The fraction of sp³-hybridized carbons (Fsp3) is 0.417. The third kappa shape index (κ3) is 6.17. The number of amides is 2. The van der Waals surface area contributed by atoms with Crippen LogP contribution in [0.5, 0.6) is 5.75 Å². The zero-order valence-electron chi connectivity index (χ0n) is 28.4. The molecule has 3 aliphatic heterocycles. The first-order chi connectivity index (χ1) is 23.4. The Kier molecular flexibility index (Phi) is 9.25. The summed E-state index contributed by atoms with van der Waals surface area (Å²) < 4.78 is 51.1. The van der Waals surface area contributed by atoms with Crippen LogP contribution in [0.25, 0.3) is 11.3 Å². The number of pyridine rings is 2. The lowest BCUT2D eigenvalue weighted by molar-refractivity contribution is -0.148. The van der Waals surface area contributed by atoms with Crippen LogP contribution in [0.2, 0.25) is 0 Å². The van der Waals surface area contributed by atoms with E-state index in [2.05, 4.69) is 16.6 Å². The van der Waals surface area contributed by atoms with Crippen LogP contribution in [0.4, 0.5) is 20.3 Å². The normalized spacial score (nSPS) is 21.9. The van der Waals surface area contributed by atoms with Crippen molar-refractivity contribution in [1.82, 2.24) is 19.8 Å². The molecule has 11 nitrogen and oxygen atoms in total. The summed E-state index contributed by atoms with van der Waals surface area (Å²) in [5, 5.41) is 0. The molecule has 258 valence electrons. The first-order valence-corrected chi connectivity index (χ1v) is 16.2. The van der Waals surface area contributed by atoms with Crippen LogP contribution in [0.3, 0.4) is 0 Å². The molecule has 2 bridgehead atoms. The minimum absolute atomic E-state index is 0.00412. The van der Waals surface area contributed by atoms with Crippen molar-refractivity contribution >= 4 is 29.7 Å². The fourth-order valence-electron chi connectivity index (χ4n) is 6.86. The van der Waals surface area contributed by atoms with E-state index >= 15 is 8.78 Å². The number of piperazine rings is 1. The number of anilines is 2. The third-order valence-electron chi connectivity index (χ3n) is 9.01. The van der Waals surface area contributed by atoms with Gasteiger partial charge in [-0.15, -0.1) is 0 Å². The number of halogens is 2. The van der Waals surface area contributed by atoms with Gasteiger partial charge in [0, 0.05) is 44.5 Å². The monoisotopic (exact) mass is 674 g/mol. The molecule has 0 spiro atoms. The number of carbonyl (C=O) groups is 2. The molecule has 0 aliphatic carbocycles. The number of rotatable bonds is 4. The van der Waals surface area contributed by atoms with Gasteiger partial charge in [0.1, 0.15) is 41.9 Å². The summed E-state index contributed by atoms with van der Waals surface area (Å²) in [6.07, 6.45) is 2.09. The van der Waals surface area contributed by atoms with Crippen molar-refractivity contribution in [3.05, 3.63) is 77.6 Å². The van der Waals surface area contributed by atoms with Crippen molar-refractivity contribution in [2.75, 3.05) is 38.2 Å². The van der Waals surface area contributed by atoms with E-state index in [0.29, 0.717) is 48.8 Å². The molecule has 3 unspecified atom stereocenters. The third-order valence-corrected chi connectivity index (χ3v) is 9.01. The Morgan fingerprint density at radius 3 is 2.61 bits per heavy atom. The van der Waals surface area contributed by atoms with E-state index in [1.807, 2.05) is 25.7 Å². The van der Waals surface area contributed by atoms with E-state index in [0.717, 1.165) is 0 Å². The molecule has 2 amide bonds. The summed E-state index contributed by atoms with van der Waals surface area (Å²) in [6, 6.07) is 6.93. The molecule has 0 N–H and O–H groups in total. The first-order valence-electron chi connectivity index (χ1n) is 16.2. The predicted octanol–water partition coefficient (Wildman–Crippen LogP) is 5.52. The highest BCUT2D eigenvalue weighted by atomic mass is 19.1. The van der Waals surface area contributed by atoms with Crippen molar-refractivity contribution in [3.63, 3.8) is 0 Å². The molecule has 3 atom stereocenters. The number of aliphatic imine (C=N–C) groups is 1. The first kappa shape index (κ1) is 34.1. The molecule has 13 heteroatoms. The van der Waals surface area contributed by atoms with Gasteiger partial charge in [-0.2, -0.15) is 0 Å². The van der Waals surface area contributed by atoms with Crippen molar-refractivity contribution in [3.8, 4) is 17.0 Å². The maximum Gasteiger partial charge on any atom is 0.246 e. The zero-order chi connectivity index (χ0) is 35.2. The van der Waals surface area contributed by atoms with Crippen molar-refractivity contribution in [2.24, 2.45) is 4.99 Å². The number of nitrogens with zero attached hydrogens (tertiary/aromatic N) is 6. The Labute approximate surface area is 284 Å². The van der Waals surface area contributed by atoms with Crippen LogP contribution >= 0.6 is 0 Å². The van der Waals surface area contributed by atoms with E-state index in [4.69, 9.17) is 19.2 Å². The molecule has 3 aliphatic rings. The number of hydrogen-bond donors (Lipinski definition) is 0. The summed E-state index contributed by atoms with van der Waals surface area (Å²) in [7, 11) is 1.57. The molecule has 6 rings (SSSR count). The Morgan fingerprint density at radius 1 is 1.16 bits per heavy atom. The largest absolute Gasteiger partial charge is 0.490 e. The number of amidine groups is 1. The Hall–Kier alpha value is -4.75. The molecule has 0 radical (unpaired) electrons. The quantitative estimate of drug-likeness (QED) is 0.154. The fourth-order valence-corrected chi connectivity index (χ4v) is 6.86. The minimum atomic E-state index is -1.03. The number of fused-ring (bicyclic) bond motifs is 7. The summed E-state index contributed by atoms with van der Waals surface area (Å²) >= 11 is 0. The smallest absolute Gasteiger partial charge is 0.246 e. The zero-order valence-corrected chi connectivity index (χ0v) is 28.4. The molecule has 1 aromatic carbocycles. The van der Waals surface area contributed by atoms with Gasteiger partial charge in [0.05, 0.1) is 22.5 Å². The molecule has 5 heterocycles. The molecule has 3 aromatic rings. The van der Waals surface area contributed by atoms with Gasteiger partial charge in [0.2, 0.25) is 12.3 Å². The average molecular weight is 675 g/mol. The lowest BCUT2D eigenvalue weighted by atomic mass is 9.96. The van der Waals surface area contributed by atoms with Crippen LogP contribution in [0.15, 0.2) is 54.2 Å². The van der Waals surface area contributed by atoms with Gasteiger partial charge in [-0.3, -0.25) is 24.5 Å². The summed E-state index contributed by atoms with van der Waals surface area (Å²) in [5.41, 5.74) is 1.16. The van der Waals surface area contributed by atoms with Gasteiger partial charge in [-0.1, -0.05) is 26.5 Å². The van der Waals surface area contributed by atoms with E-state index in [1.165, 1.54) is 35.2 Å². The van der Waals surface area contributed by atoms with Gasteiger partial charge in [0.25, 0.3) is 0 Å². The van der Waals surface area contributed by atoms with E-state index in [9.17, 15) is 9.59 Å².